The maximum atomic E-state index is 13.9. The van der Waals surface area contributed by atoms with Gasteiger partial charge in [0, 0.05) is 5.56 Å². The van der Waals surface area contributed by atoms with Gasteiger partial charge in [0.2, 0.25) is 0 Å². The number of hydrogen-bond donors (Lipinski definition) is 1. The van der Waals surface area contributed by atoms with Gasteiger partial charge in [0.25, 0.3) is 5.56 Å². The van der Waals surface area contributed by atoms with Gasteiger partial charge in [-0.1, -0.05) is 65.9 Å². The molecule has 0 saturated heterocycles. The van der Waals surface area contributed by atoms with Crippen molar-refractivity contribution in [3.8, 4) is 5.75 Å². The molecule has 1 atom stereocenters. The lowest BCUT2D eigenvalue weighted by molar-refractivity contribution is -0.138. The number of fused-ring (bicyclic) bond motifs is 1. The van der Waals surface area contributed by atoms with Crippen LogP contribution in [-0.4, -0.2) is 35.3 Å². The average molecular weight is 541 g/mol. The Morgan fingerprint density at radius 1 is 1.05 bits per heavy atom. The van der Waals surface area contributed by atoms with E-state index >= 15 is 0 Å². The van der Waals surface area contributed by atoms with Crippen molar-refractivity contribution in [2.45, 2.75) is 13.0 Å². The number of carboxylic acids is 1. The highest BCUT2D eigenvalue weighted by molar-refractivity contribution is 7.07. The zero-order valence-electron chi connectivity index (χ0n) is 21.2. The monoisotopic (exact) mass is 540 g/mol. The van der Waals surface area contributed by atoms with Crippen molar-refractivity contribution in [3.05, 3.63) is 126 Å². The number of thiazole rings is 1. The second-order valence-electron chi connectivity index (χ2n) is 8.64. The van der Waals surface area contributed by atoms with Crippen LogP contribution in [0.5, 0.6) is 5.75 Å². The Labute approximate surface area is 227 Å². The molecule has 1 aliphatic rings. The number of aromatic carboxylic acids is 1. The average Bonchev–Trinajstić information content (AvgIpc) is 3.27. The van der Waals surface area contributed by atoms with Gasteiger partial charge in [0.15, 0.2) is 4.80 Å². The summed E-state index contributed by atoms with van der Waals surface area (Å²) < 4.78 is 12.8. The normalized spacial score (nSPS) is 14.9. The summed E-state index contributed by atoms with van der Waals surface area (Å²) in [5.74, 6) is -1.01. The fourth-order valence-corrected chi connectivity index (χ4v) is 5.44. The first-order chi connectivity index (χ1) is 18.9. The van der Waals surface area contributed by atoms with E-state index in [9.17, 15) is 19.5 Å². The van der Waals surface area contributed by atoms with Gasteiger partial charge in [-0.15, -0.1) is 0 Å². The van der Waals surface area contributed by atoms with Crippen LogP contribution in [0.1, 0.15) is 40.0 Å². The first kappa shape index (κ1) is 25.9. The molecule has 0 radical (unpaired) electrons. The molecule has 0 bridgehead atoms. The molecule has 1 aromatic heterocycles. The predicted octanol–water partition coefficient (Wildman–Crippen LogP) is 3.64. The Bertz CT molecular complexity index is 1770. The number of carboxylic acid groups (broad SMARTS) is 1. The summed E-state index contributed by atoms with van der Waals surface area (Å²) in [7, 11) is 1.55. The second kappa shape index (κ2) is 10.9. The number of carbonyl (C=O) groups excluding carboxylic acids is 1. The van der Waals surface area contributed by atoms with E-state index in [1.807, 2.05) is 36.4 Å². The first-order valence-corrected chi connectivity index (χ1v) is 13.0. The Morgan fingerprint density at radius 3 is 2.46 bits per heavy atom. The summed E-state index contributed by atoms with van der Waals surface area (Å²) in [6.45, 7) is 1.89. The molecule has 0 unspecified atom stereocenters. The Morgan fingerprint density at radius 2 is 1.79 bits per heavy atom. The number of aromatic nitrogens is 1. The molecule has 0 spiro atoms. The van der Waals surface area contributed by atoms with Gasteiger partial charge >= 0.3 is 11.9 Å². The number of carbonyl (C=O) groups is 2. The molecule has 0 aliphatic carbocycles. The third-order valence-corrected chi connectivity index (χ3v) is 7.22. The van der Waals surface area contributed by atoms with Crippen LogP contribution in [0.3, 0.4) is 0 Å². The number of esters is 1. The third-order valence-electron chi connectivity index (χ3n) is 6.24. The highest BCUT2D eigenvalue weighted by atomic mass is 32.1. The number of methoxy groups -OCH3 is 1. The van der Waals surface area contributed by atoms with Gasteiger partial charge in [0.1, 0.15) is 5.75 Å². The van der Waals surface area contributed by atoms with Gasteiger partial charge in [0.05, 0.1) is 41.1 Å². The van der Waals surface area contributed by atoms with Gasteiger partial charge in [-0.05, 0) is 48.4 Å². The lowest BCUT2D eigenvalue weighted by Gasteiger charge is -2.26. The molecule has 39 heavy (non-hydrogen) atoms. The Balaban J connectivity index is 1.80. The van der Waals surface area contributed by atoms with Gasteiger partial charge in [-0.3, -0.25) is 9.36 Å². The molecule has 9 heteroatoms. The van der Waals surface area contributed by atoms with Crippen LogP contribution in [0, 0.1) is 0 Å². The minimum Gasteiger partial charge on any atom is -0.497 e. The summed E-state index contributed by atoms with van der Waals surface area (Å²) in [5, 5.41) is 9.20. The summed E-state index contributed by atoms with van der Waals surface area (Å²) in [4.78, 5) is 43.8. The zero-order chi connectivity index (χ0) is 27.5. The van der Waals surface area contributed by atoms with E-state index in [0.717, 1.165) is 5.56 Å². The zero-order valence-corrected chi connectivity index (χ0v) is 22.0. The highest BCUT2D eigenvalue weighted by Gasteiger charge is 2.35. The van der Waals surface area contributed by atoms with E-state index in [2.05, 4.69) is 0 Å². The molecular weight excluding hydrogens is 516 g/mol. The van der Waals surface area contributed by atoms with E-state index in [0.29, 0.717) is 31.9 Å². The molecule has 0 saturated carbocycles. The Hall–Kier alpha value is -4.76. The molecule has 1 aliphatic heterocycles. The highest BCUT2D eigenvalue weighted by Crippen LogP contribution is 2.36. The van der Waals surface area contributed by atoms with Crippen LogP contribution in [0.2, 0.25) is 0 Å². The molecule has 5 rings (SSSR count). The molecule has 3 aromatic carbocycles. The summed E-state index contributed by atoms with van der Waals surface area (Å²) in [5.41, 5.74) is 2.55. The molecule has 8 nitrogen and oxygen atoms in total. The second-order valence-corrected chi connectivity index (χ2v) is 9.64. The molecule has 4 aromatic rings. The fraction of sp³-hybridized carbons (Fsp3) is 0.133. The third kappa shape index (κ3) is 5.04. The molecule has 1 N–H and O–H groups in total. The summed E-state index contributed by atoms with van der Waals surface area (Å²) in [6, 6.07) is 22.0. The molecule has 0 amide bonds. The molecule has 2 heterocycles. The lowest BCUT2D eigenvalue weighted by Crippen LogP contribution is -2.40. The molecular formula is C30H24N2O6S. The minimum atomic E-state index is -1.03. The smallest absolute Gasteiger partial charge is 0.338 e. The van der Waals surface area contributed by atoms with Crippen LogP contribution in [0.25, 0.3) is 11.8 Å². The van der Waals surface area contributed by atoms with E-state index in [4.69, 9.17) is 14.5 Å². The summed E-state index contributed by atoms with van der Waals surface area (Å²) in [6.07, 6.45) is 1.69. The maximum Gasteiger partial charge on any atom is 0.338 e. The van der Waals surface area contributed by atoms with Gasteiger partial charge in [-0.25, -0.2) is 14.6 Å². The molecule has 0 fully saturated rings. The SMILES string of the molecule is CCOC(=O)C1=C(c2ccccc2)N=c2s/c(=C\c3ccc(C(=O)O)cc3)c(=O)n2[C@H]1c1cccc(OC)c1. The van der Waals surface area contributed by atoms with E-state index in [1.165, 1.54) is 28.0 Å². The topological polar surface area (TPSA) is 107 Å². The van der Waals surface area contributed by atoms with Crippen molar-refractivity contribution in [2.24, 2.45) is 4.99 Å². The van der Waals surface area contributed by atoms with Crippen molar-refractivity contribution in [1.29, 1.82) is 0 Å². The van der Waals surface area contributed by atoms with Crippen molar-refractivity contribution in [3.63, 3.8) is 0 Å². The van der Waals surface area contributed by atoms with Crippen molar-refractivity contribution in [1.82, 2.24) is 4.57 Å². The van der Waals surface area contributed by atoms with Gasteiger partial charge in [-0.2, -0.15) is 0 Å². The first-order valence-electron chi connectivity index (χ1n) is 12.2. The number of hydrogen-bond acceptors (Lipinski definition) is 7. The predicted molar refractivity (Wildman–Crippen MR) is 147 cm³/mol. The largest absolute Gasteiger partial charge is 0.497 e. The lowest BCUT2D eigenvalue weighted by atomic mass is 9.93. The standard InChI is InChI=1S/C30H24N2O6S/c1-3-38-29(36)24-25(19-8-5-4-6-9-19)31-30-32(26(24)21-10-7-11-22(17-21)37-2)27(33)23(39-30)16-18-12-14-20(15-13-18)28(34)35/h4-17,26H,3H2,1-2H3,(H,34,35)/b23-16-/t26-/m0/s1. The van der Waals surface area contributed by atoms with Gasteiger partial charge < -0.3 is 14.6 Å². The number of benzene rings is 3. The maximum absolute atomic E-state index is 13.9. The fourth-order valence-electron chi connectivity index (χ4n) is 4.44. The van der Waals surface area contributed by atoms with E-state index < -0.39 is 18.0 Å². The minimum absolute atomic E-state index is 0.151. The number of nitrogens with zero attached hydrogens (tertiary/aromatic N) is 2. The van der Waals surface area contributed by atoms with Crippen LogP contribution in [0.4, 0.5) is 0 Å². The van der Waals surface area contributed by atoms with Crippen LogP contribution < -0.4 is 19.6 Å². The van der Waals surface area contributed by atoms with E-state index in [1.54, 1.807) is 50.4 Å². The Kier molecular flexibility index (Phi) is 7.25. The van der Waals surface area contributed by atoms with Crippen LogP contribution in [-0.2, 0) is 9.53 Å². The van der Waals surface area contributed by atoms with Crippen molar-refractivity contribution >= 4 is 35.0 Å². The van der Waals surface area contributed by atoms with Crippen molar-refractivity contribution < 1.29 is 24.2 Å². The summed E-state index contributed by atoms with van der Waals surface area (Å²) >= 11 is 1.20. The molecule has 196 valence electrons. The van der Waals surface area contributed by atoms with Crippen molar-refractivity contribution in [2.75, 3.05) is 13.7 Å². The van der Waals surface area contributed by atoms with Crippen LogP contribution in [0.15, 0.2) is 94.2 Å². The quantitative estimate of drug-likeness (QED) is 0.359. The van der Waals surface area contributed by atoms with Crippen LogP contribution >= 0.6 is 11.3 Å². The van der Waals surface area contributed by atoms with E-state index in [-0.39, 0.29) is 23.3 Å². The number of ether oxygens (including phenoxy) is 2. The number of rotatable bonds is 7.